The van der Waals surface area contributed by atoms with Gasteiger partial charge < -0.3 is 5.73 Å². The minimum Gasteiger partial charge on any atom is -0.398 e. The minimum absolute atomic E-state index is 0.0671. The Labute approximate surface area is 134 Å². The van der Waals surface area contributed by atoms with Crippen LogP contribution < -0.4 is 5.73 Å². The van der Waals surface area contributed by atoms with Gasteiger partial charge in [0.2, 0.25) is 0 Å². The summed E-state index contributed by atoms with van der Waals surface area (Å²) in [5.74, 6) is -0.366. The molecule has 23 heavy (non-hydrogen) atoms. The van der Waals surface area contributed by atoms with Crippen molar-refractivity contribution in [3.63, 3.8) is 0 Å². The zero-order valence-corrected chi connectivity index (χ0v) is 13.1. The average molecular weight is 310 g/mol. The van der Waals surface area contributed by atoms with Gasteiger partial charge in [-0.25, -0.2) is 0 Å². The number of aromatic nitrogens is 1. The van der Waals surface area contributed by atoms with E-state index in [1.165, 1.54) is 13.0 Å². The van der Waals surface area contributed by atoms with Gasteiger partial charge in [0, 0.05) is 29.2 Å². The van der Waals surface area contributed by atoms with Crippen LogP contribution in [-0.2, 0) is 6.54 Å². The molecule has 0 aliphatic heterocycles. The van der Waals surface area contributed by atoms with Gasteiger partial charge in [0.1, 0.15) is 6.54 Å². The third-order valence-corrected chi connectivity index (χ3v) is 3.37. The molecule has 0 bridgehead atoms. The number of aryl methyl sites for hydroxylation is 1. The molecular formula is C17H18N4O2. The van der Waals surface area contributed by atoms with Gasteiger partial charge >= 0.3 is 0 Å². The molecule has 1 aromatic heterocycles. The van der Waals surface area contributed by atoms with Crippen molar-refractivity contribution in [1.29, 1.82) is 0 Å². The number of nitrogens with two attached hydrogens (primary N) is 1. The van der Waals surface area contributed by atoms with Crippen LogP contribution in [0.5, 0.6) is 0 Å². The quantitative estimate of drug-likeness (QED) is 0.503. The summed E-state index contributed by atoms with van der Waals surface area (Å²) in [5, 5.41) is 7.90. The number of ketones is 2. The SMILES string of the molecule is CC(=O)c1cc(C(=O)CN=NCc2cccnc2)c(C)cc1N. The van der Waals surface area contributed by atoms with Crippen LogP contribution in [0.2, 0.25) is 0 Å². The number of benzene rings is 1. The first-order valence-corrected chi connectivity index (χ1v) is 7.15. The molecule has 2 rings (SSSR count). The molecule has 0 aliphatic rings. The van der Waals surface area contributed by atoms with E-state index in [-0.39, 0.29) is 18.1 Å². The second-order valence-corrected chi connectivity index (χ2v) is 5.19. The Morgan fingerprint density at radius 1 is 1.22 bits per heavy atom. The number of carbonyl (C=O) groups excluding carboxylic acids is 2. The highest BCUT2D eigenvalue weighted by Crippen LogP contribution is 2.20. The van der Waals surface area contributed by atoms with E-state index in [1.807, 2.05) is 12.1 Å². The smallest absolute Gasteiger partial charge is 0.186 e. The van der Waals surface area contributed by atoms with E-state index in [0.717, 1.165) is 11.1 Å². The van der Waals surface area contributed by atoms with Crippen LogP contribution in [0.4, 0.5) is 5.69 Å². The zero-order chi connectivity index (χ0) is 16.8. The lowest BCUT2D eigenvalue weighted by Gasteiger charge is -2.08. The number of hydrogen-bond acceptors (Lipinski definition) is 6. The highest BCUT2D eigenvalue weighted by molar-refractivity contribution is 6.05. The van der Waals surface area contributed by atoms with Gasteiger partial charge in [-0.15, -0.1) is 0 Å². The number of rotatable bonds is 6. The molecule has 0 unspecified atom stereocenters. The molecule has 118 valence electrons. The molecule has 6 heteroatoms. The van der Waals surface area contributed by atoms with Crippen LogP contribution in [0.1, 0.15) is 38.8 Å². The Kier molecular flexibility index (Phi) is 5.30. The lowest BCUT2D eigenvalue weighted by molar-refractivity contribution is 0.0999. The van der Waals surface area contributed by atoms with Gasteiger partial charge in [0.05, 0.1) is 6.54 Å². The second kappa shape index (κ2) is 7.40. The molecule has 0 amide bonds. The number of Topliss-reactive ketones (excluding diaryl/α,β-unsaturated/α-hetero) is 2. The van der Waals surface area contributed by atoms with Crippen LogP contribution in [0.15, 0.2) is 46.9 Å². The Morgan fingerprint density at radius 3 is 2.65 bits per heavy atom. The van der Waals surface area contributed by atoms with Crippen molar-refractivity contribution >= 4 is 17.3 Å². The van der Waals surface area contributed by atoms with E-state index in [0.29, 0.717) is 23.4 Å². The maximum Gasteiger partial charge on any atom is 0.186 e. The number of hydrogen-bond donors (Lipinski definition) is 1. The van der Waals surface area contributed by atoms with Crippen LogP contribution >= 0.6 is 0 Å². The first-order chi connectivity index (χ1) is 11.0. The zero-order valence-electron chi connectivity index (χ0n) is 13.1. The first-order valence-electron chi connectivity index (χ1n) is 7.15. The summed E-state index contributed by atoms with van der Waals surface area (Å²) in [6, 6.07) is 6.87. The normalized spacial score (nSPS) is 10.9. The van der Waals surface area contributed by atoms with Gasteiger partial charge in [0.25, 0.3) is 0 Å². The lowest BCUT2D eigenvalue weighted by atomic mass is 9.98. The summed E-state index contributed by atoms with van der Waals surface area (Å²) in [7, 11) is 0. The molecule has 6 nitrogen and oxygen atoms in total. The molecule has 0 saturated carbocycles. The third kappa shape index (κ3) is 4.29. The Hall–Kier alpha value is -2.89. The van der Waals surface area contributed by atoms with E-state index >= 15 is 0 Å². The van der Waals surface area contributed by atoms with Crippen molar-refractivity contribution in [2.75, 3.05) is 12.3 Å². The largest absolute Gasteiger partial charge is 0.398 e. The summed E-state index contributed by atoms with van der Waals surface area (Å²) >= 11 is 0. The molecule has 0 fully saturated rings. The fourth-order valence-corrected chi connectivity index (χ4v) is 2.16. The summed E-state index contributed by atoms with van der Waals surface area (Å²) in [6.45, 7) is 3.51. The van der Waals surface area contributed by atoms with Gasteiger partial charge in [-0.1, -0.05) is 6.07 Å². The molecule has 1 heterocycles. The summed E-state index contributed by atoms with van der Waals surface area (Å²) < 4.78 is 0. The highest BCUT2D eigenvalue weighted by atomic mass is 16.1. The molecule has 0 spiro atoms. The number of pyridine rings is 1. The van der Waals surface area contributed by atoms with E-state index in [4.69, 9.17) is 5.73 Å². The van der Waals surface area contributed by atoms with E-state index in [2.05, 4.69) is 15.2 Å². The lowest BCUT2D eigenvalue weighted by Crippen LogP contribution is -2.09. The number of nitrogen functional groups attached to an aromatic ring is 1. The number of azo groups is 1. The van der Waals surface area contributed by atoms with Crippen molar-refractivity contribution in [1.82, 2.24) is 4.98 Å². The summed E-state index contributed by atoms with van der Waals surface area (Å²) in [4.78, 5) is 27.8. The van der Waals surface area contributed by atoms with Gasteiger partial charge in [-0.3, -0.25) is 14.6 Å². The Morgan fingerprint density at radius 2 is 2.00 bits per heavy atom. The Bertz CT molecular complexity index is 755. The number of nitrogens with zero attached hydrogens (tertiary/aromatic N) is 3. The fraction of sp³-hybridized carbons (Fsp3) is 0.235. The van der Waals surface area contributed by atoms with Gasteiger partial charge in [0.15, 0.2) is 11.6 Å². The van der Waals surface area contributed by atoms with E-state index in [1.54, 1.807) is 25.4 Å². The van der Waals surface area contributed by atoms with E-state index in [9.17, 15) is 9.59 Å². The molecule has 0 radical (unpaired) electrons. The van der Waals surface area contributed by atoms with Crippen LogP contribution in [0.25, 0.3) is 0 Å². The standard InChI is InChI=1S/C17H18N4O2/c1-11-6-16(18)15(12(2)22)7-14(11)17(23)10-21-20-9-13-4-3-5-19-8-13/h3-8H,9-10,18H2,1-2H3. The van der Waals surface area contributed by atoms with Crippen LogP contribution in [0.3, 0.4) is 0 Å². The van der Waals surface area contributed by atoms with E-state index < -0.39 is 0 Å². The fourth-order valence-electron chi connectivity index (χ4n) is 2.16. The number of anilines is 1. The summed E-state index contributed by atoms with van der Waals surface area (Å²) in [5.41, 5.74) is 8.62. The Balaban J connectivity index is 2.06. The van der Waals surface area contributed by atoms with Crippen molar-refractivity contribution in [3.8, 4) is 0 Å². The molecule has 0 atom stereocenters. The minimum atomic E-state index is -0.195. The summed E-state index contributed by atoms with van der Waals surface area (Å²) in [6.07, 6.45) is 3.38. The predicted molar refractivity (Wildman–Crippen MR) is 87.6 cm³/mol. The predicted octanol–water partition coefficient (Wildman–Crippen LogP) is 3.01. The van der Waals surface area contributed by atoms with Crippen molar-refractivity contribution in [2.24, 2.45) is 10.2 Å². The molecular weight excluding hydrogens is 292 g/mol. The van der Waals surface area contributed by atoms with Crippen molar-refractivity contribution < 1.29 is 9.59 Å². The maximum atomic E-state index is 12.2. The van der Waals surface area contributed by atoms with Gasteiger partial charge in [-0.05, 0) is 43.2 Å². The highest BCUT2D eigenvalue weighted by Gasteiger charge is 2.14. The monoisotopic (exact) mass is 310 g/mol. The molecule has 2 aromatic rings. The van der Waals surface area contributed by atoms with Crippen LogP contribution in [0, 0.1) is 6.92 Å². The maximum absolute atomic E-state index is 12.2. The second-order valence-electron chi connectivity index (χ2n) is 5.19. The van der Waals surface area contributed by atoms with Crippen molar-refractivity contribution in [3.05, 3.63) is 58.9 Å². The topological polar surface area (TPSA) is 97.8 Å². The first kappa shape index (κ1) is 16.5. The van der Waals surface area contributed by atoms with Gasteiger partial charge in [-0.2, -0.15) is 10.2 Å². The average Bonchev–Trinajstić information content (AvgIpc) is 2.52. The van der Waals surface area contributed by atoms with Crippen molar-refractivity contribution in [2.45, 2.75) is 20.4 Å². The molecule has 0 aliphatic carbocycles. The molecule has 0 saturated heterocycles. The number of carbonyl (C=O) groups is 2. The molecule has 2 N–H and O–H groups in total. The van der Waals surface area contributed by atoms with Crippen LogP contribution in [-0.4, -0.2) is 23.1 Å². The molecule has 1 aromatic carbocycles. The third-order valence-electron chi connectivity index (χ3n) is 3.37.